The first-order chi connectivity index (χ1) is 16.6. The molecule has 0 unspecified atom stereocenters. The van der Waals surface area contributed by atoms with Crippen LogP contribution in [0.25, 0.3) is 11.7 Å². The van der Waals surface area contributed by atoms with Gasteiger partial charge in [0.05, 0.1) is 23.1 Å². The zero-order valence-electron chi connectivity index (χ0n) is 18.5. The lowest BCUT2D eigenvalue weighted by Crippen LogP contribution is -2.35. The minimum absolute atomic E-state index is 0.00465. The summed E-state index contributed by atoms with van der Waals surface area (Å²) in [5.41, 5.74) is 1.83. The van der Waals surface area contributed by atoms with Gasteiger partial charge < -0.3 is 10.1 Å². The third kappa shape index (κ3) is 4.77. The number of ether oxygens (including phenoxy) is 1. The highest BCUT2D eigenvalue weighted by Gasteiger charge is 2.35. The number of aromatic nitrogens is 2. The van der Waals surface area contributed by atoms with Gasteiger partial charge in [0.1, 0.15) is 15.8 Å². The first-order valence-corrected chi connectivity index (χ1v) is 12.5. The molecular weight excluding hydrogens is 468 g/mol. The number of hydrogen-bond donors (Lipinski definition) is 1. The molecule has 0 spiro atoms. The van der Waals surface area contributed by atoms with E-state index in [1.165, 1.54) is 21.7 Å². The first kappa shape index (κ1) is 22.8. The van der Waals surface area contributed by atoms with Gasteiger partial charge in [-0.25, -0.2) is 4.98 Å². The number of benzene rings is 1. The second-order valence-electron chi connectivity index (χ2n) is 8.20. The average molecular weight is 493 g/mol. The highest BCUT2D eigenvalue weighted by Crippen LogP contribution is 2.34. The normalized spacial score (nSPS) is 19.5. The summed E-state index contributed by atoms with van der Waals surface area (Å²) in [4.78, 5) is 33.2. The van der Waals surface area contributed by atoms with Crippen molar-refractivity contribution in [3.63, 3.8) is 0 Å². The van der Waals surface area contributed by atoms with Crippen LogP contribution in [0.4, 0.5) is 5.82 Å². The van der Waals surface area contributed by atoms with Gasteiger partial charge in [-0.1, -0.05) is 60.4 Å². The second kappa shape index (κ2) is 10.1. The van der Waals surface area contributed by atoms with Crippen LogP contribution >= 0.6 is 24.0 Å². The topological polar surface area (TPSA) is 75.9 Å². The van der Waals surface area contributed by atoms with Crippen LogP contribution in [0.15, 0.2) is 64.4 Å². The summed E-state index contributed by atoms with van der Waals surface area (Å²) < 4.78 is 7.65. The van der Waals surface area contributed by atoms with E-state index in [1.807, 2.05) is 24.3 Å². The van der Waals surface area contributed by atoms with Gasteiger partial charge in [-0.05, 0) is 43.0 Å². The molecule has 0 aliphatic carbocycles. The molecule has 1 aromatic carbocycles. The number of carbonyl (C=O) groups is 1. The fourth-order valence-corrected chi connectivity index (χ4v) is 5.37. The Morgan fingerprint density at radius 3 is 2.79 bits per heavy atom. The van der Waals surface area contributed by atoms with Gasteiger partial charge in [0.25, 0.3) is 11.5 Å². The van der Waals surface area contributed by atoms with Crippen LogP contribution in [-0.4, -0.2) is 50.3 Å². The summed E-state index contributed by atoms with van der Waals surface area (Å²) in [5.74, 6) is 0.259. The van der Waals surface area contributed by atoms with Crippen molar-refractivity contribution in [2.45, 2.75) is 25.4 Å². The van der Waals surface area contributed by atoms with Crippen molar-refractivity contribution < 1.29 is 9.53 Å². The average Bonchev–Trinajstić information content (AvgIpc) is 3.46. The number of carbonyl (C=O) groups excluding carboxylic acids is 1. The molecule has 2 saturated heterocycles. The van der Waals surface area contributed by atoms with Crippen LogP contribution < -0.4 is 10.9 Å². The van der Waals surface area contributed by atoms with Gasteiger partial charge in [-0.3, -0.25) is 18.9 Å². The molecule has 0 bridgehead atoms. The zero-order valence-corrected chi connectivity index (χ0v) is 20.1. The van der Waals surface area contributed by atoms with E-state index >= 15 is 0 Å². The largest absolute Gasteiger partial charge is 0.376 e. The first-order valence-electron chi connectivity index (χ1n) is 11.3. The molecule has 1 N–H and O–H groups in total. The molecule has 0 radical (unpaired) electrons. The summed E-state index contributed by atoms with van der Waals surface area (Å²) >= 11 is 6.68. The molecule has 1 atom stereocenters. The maximum absolute atomic E-state index is 13.4. The van der Waals surface area contributed by atoms with Crippen molar-refractivity contribution in [3.8, 4) is 0 Å². The summed E-state index contributed by atoms with van der Waals surface area (Å²) in [6.07, 6.45) is 5.99. The Balaban J connectivity index is 1.45. The van der Waals surface area contributed by atoms with Crippen LogP contribution in [0.2, 0.25) is 0 Å². The van der Waals surface area contributed by atoms with E-state index in [0.29, 0.717) is 46.0 Å². The van der Waals surface area contributed by atoms with Gasteiger partial charge in [0.2, 0.25) is 0 Å². The molecular formula is C25H24N4O3S2. The predicted molar refractivity (Wildman–Crippen MR) is 139 cm³/mol. The molecule has 2 aliphatic rings. The number of amides is 1. The summed E-state index contributed by atoms with van der Waals surface area (Å²) in [6, 6.07) is 15.5. The molecule has 5 rings (SSSR count). The Hall–Kier alpha value is -3.01. The Morgan fingerprint density at radius 2 is 2.00 bits per heavy atom. The number of rotatable bonds is 7. The van der Waals surface area contributed by atoms with E-state index in [4.69, 9.17) is 17.0 Å². The molecule has 7 nitrogen and oxygen atoms in total. The molecule has 2 fully saturated rings. The monoisotopic (exact) mass is 492 g/mol. The van der Waals surface area contributed by atoms with Crippen LogP contribution in [0.5, 0.6) is 0 Å². The summed E-state index contributed by atoms with van der Waals surface area (Å²) in [5, 5.41) is 3.31. The Morgan fingerprint density at radius 1 is 1.18 bits per heavy atom. The predicted octanol–water partition coefficient (Wildman–Crippen LogP) is 3.73. The fourth-order valence-electron chi connectivity index (χ4n) is 4.12. The molecule has 4 heterocycles. The maximum Gasteiger partial charge on any atom is 0.267 e. The van der Waals surface area contributed by atoms with E-state index in [2.05, 4.69) is 22.4 Å². The molecule has 1 amide bonds. The number of anilines is 1. The summed E-state index contributed by atoms with van der Waals surface area (Å²) in [6.45, 7) is 1.76. The van der Waals surface area contributed by atoms with E-state index in [-0.39, 0.29) is 17.6 Å². The van der Waals surface area contributed by atoms with E-state index in [0.717, 1.165) is 19.3 Å². The molecule has 34 heavy (non-hydrogen) atoms. The van der Waals surface area contributed by atoms with Gasteiger partial charge in [-0.15, -0.1) is 0 Å². The van der Waals surface area contributed by atoms with Crippen molar-refractivity contribution in [2.75, 3.05) is 25.0 Å². The molecule has 9 heteroatoms. The van der Waals surface area contributed by atoms with Crippen LogP contribution in [0, 0.1) is 0 Å². The highest BCUT2D eigenvalue weighted by atomic mass is 32.2. The number of thiocarbonyl (C=S) groups is 1. The smallest absolute Gasteiger partial charge is 0.267 e. The molecule has 0 saturated carbocycles. The van der Waals surface area contributed by atoms with E-state index < -0.39 is 0 Å². The SMILES string of the molecule is O=C1/C(=C/c2c(NCCc3ccccc3)nc3ccccn3c2=O)SC(=S)N1C[C@@H]1CCCO1. The Bertz CT molecular complexity index is 1320. The van der Waals surface area contributed by atoms with Gasteiger partial charge in [0, 0.05) is 19.3 Å². The molecule has 174 valence electrons. The third-order valence-electron chi connectivity index (χ3n) is 5.88. The fraction of sp³-hybridized carbons (Fsp3) is 0.280. The number of nitrogens with zero attached hydrogens (tertiary/aromatic N) is 3. The minimum atomic E-state index is -0.239. The lowest BCUT2D eigenvalue weighted by Gasteiger charge is -2.18. The number of nitrogens with one attached hydrogen (secondary N) is 1. The Labute approximate surface area is 206 Å². The van der Waals surface area contributed by atoms with Gasteiger partial charge >= 0.3 is 0 Å². The number of pyridine rings is 1. The Kier molecular flexibility index (Phi) is 6.75. The van der Waals surface area contributed by atoms with Crippen molar-refractivity contribution in [3.05, 3.63) is 81.1 Å². The number of thioether (sulfide) groups is 1. The maximum atomic E-state index is 13.4. The number of fused-ring (bicyclic) bond motifs is 1. The molecule has 2 aliphatic heterocycles. The molecule has 3 aromatic rings. The van der Waals surface area contributed by atoms with Gasteiger partial charge in [0.15, 0.2) is 0 Å². The van der Waals surface area contributed by atoms with E-state index in [9.17, 15) is 9.59 Å². The van der Waals surface area contributed by atoms with E-state index in [1.54, 1.807) is 29.3 Å². The van der Waals surface area contributed by atoms with Crippen molar-refractivity contribution in [1.82, 2.24) is 14.3 Å². The quantitative estimate of drug-likeness (QED) is 0.398. The van der Waals surface area contributed by atoms with Crippen LogP contribution in [0.1, 0.15) is 24.0 Å². The van der Waals surface area contributed by atoms with Crippen LogP contribution in [-0.2, 0) is 16.0 Å². The summed E-state index contributed by atoms with van der Waals surface area (Å²) in [7, 11) is 0. The lowest BCUT2D eigenvalue weighted by atomic mass is 10.1. The van der Waals surface area contributed by atoms with Crippen molar-refractivity contribution >= 4 is 51.7 Å². The standard InChI is InChI=1S/C25H24N4O3S2/c30-23-19(15-20-24(31)29(25(33)34-20)16-18-9-6-14-32-18)22(27-21-10-4-5-13-28(21)23)26-12-11-17-7-2-1-3-8-17/h1-5,7-8,10,13,15,18,26H,6,9,11-12,14,16H2/b20-15-/t18-/m0/s1. The lowest BCUT2D eigenvalue weighted by molar-refractivity contribution is -0.123. The zero-order chi connectivity index (χ0) is 23.5. The van der Waals surface area contributed by atoms with Crippen LogP contribution in [0.3, 0.4) is 0 Å². The minimum Gasteiger partial charge on any atom is -0.376 e. The number of hydrogen-bond acceptors (Lipinski definition) is 7. The van der Waals surface area contributed by atoms with Crippen molar-refractivity contribution in [2.24, 2.45) is 0 Å². The molecule has 2 aromatic heterocycles. The highest BCUT2D eigenvalue weighted by molar-refractivity contribution is 8.26. The third-order valence-corrected chi connectivity index (χ3v) is 7.25. The van der Waals surface area contributed by atoms with Crippen molar-refractivity contribution in [1.29, 1.82) is 0 Å². The van der Waals surface area contributed by atoms with Gasteiger partial charge in [-0.2, -0.15) is 0 Å². The second-order valence-corrected chi connectivity index (χ2v) is 9.87.